The summed E-state index contributed by atoms with van der Waals surface area (Å²) in [6.45, 7) is 2.40. The van der Waals surface area contributed by atoms with Gasteiger partial charge >= 0.3 is 0 Å². The minimum Gasteiger partial charge on any atom is -0.491 e. The molecule has 3 nitrogen and oxygen atoms in total. The fourth-order valence-corrected chi connectivity index (χ4v) is 2.28. The Labute approximate surface area is 105 Å². The van der Waals surface area contributed by atoms with Crippen LogP contribution in [-0.2, 0) is 9.47 Å². The van der Waals surface area contributed by atoms with Crippen molar-refractivity contribution in [2.45, 2.75) is 0 Å². The average molecular weight is 252 g/mol. The summed E-state index contributed by atoms with van der Waals surface area (Å²) in [6, 6.07) is 6.12. The van der Waals surface area contributed by atoms with Crippen LogP contribution in [0.1, 0.15) is 0 Å². The van der Waals surface area contributed by atoms with Crippen molar-refractivity contribution < 1.29 is 14.2 Å². The molecule has 1 heterocycles. The van der Waals surface area contributed by atoms with Crippen LogP contribution in [0.4, 0.5) is 0 Å². The summed E-state index contributed by atoms with van der Waals surface area (Å²) in [5.41, 5.74) is 0. The third kappa shape index (κ3) is 3.70. The molecule has 0 bridgehead atoms. The lowest BCUT2D eigenvalue weighted by atomic mass is 10.2. The topological polar surface area (TPSA) is 27.7 Å². The molecule has 1 aromatic heterocycles. The summed E-state index contributed by atoms with van der Waals surface area (Å²) in [5, 5.41) is 6.75. The normalized spacial score (nSPS) is 10.9. The van der Waals surface area contributed by atoms with Crippen molar-refractivity contribution in [1.29, 1.82) is 0 Å². The van der Waals surface area contributed by atoms with Crippen molar-refractivity contribution in [2.24, 2.45) is 0 Å². The molecule has 0 radical (unpaired) electrons. The molecule has 0 amide bonds. The van der Waals surface area contributed by atoms with Crippen molar-refractivity contribution in [3.05, 3.63) is 29.0 Å². The van der Waals surface area contributed by atoms with E-state index >= 15 is 0 Å². The minimum atomic E-state index is 0.569. The highest BCUT2D eigenvalue weighted by Crippen LogP contribution is 2.23. The smallest absolute Gasteiger partial charge is 0.120 e. The van der Waals surface area contributed by atoms with Gasteiger partial charge in [-0.15, -0.1) is 0 Å². The molecule has 2 aromatic rings. The van der Waals surface area contributed by atoms with Crippen LogP contribution in [0, 0.1) is 0 Å². The number of thiophene rings is 1. The van der Waals surface area contributed by atoms with Gasteiger partial charge in [0.15, 0.2) is 0 Å². The SMILES string of the molecule is COCCOCCOc1ccc2cscc2c1. The van der Waals surface area contributed by atoms with Gasteiger partial charge in [-0.2, -0.15) is 11.3 Å². The fraction of sp³-hybridized carbons (Fsp3) is 0.385. The number of rotatable bonds is 7. The lowest BCUT2D eigenvalue weighted by Crippen LogP contribution is -2.09. The van der Waals surface area contributed by atoms with E-state index in [2.05, 4.69) is 22.9 Å². The van der Waals surface area contributed by atoms with E-state index in [4.69, 9.17) is 14.2 Å². The molecule has 0 saturated carbocycles. The summed E-state index contributed by atoms with van der Waals surface area (Å²) < 4.78 is 15.8. The standard InChI is InChI=1S/C13H16O3S/c1-14-4-5-15-6-7-16-13-3-2-11-9-17-10-12(11)8-13/h2-3,8-10H,4-7H2,1H3. The summed E-state index contributed by atoms with van der Waals surface area (Å²) in [4.78, 5) is 0. The van der Waals surface area contributed by atoms with Gasteiger partial charge in [-0.3, -0.25) is 0 Å². The van der Waals surface area contributed by atoms with Crippen LogP contribution < -0.4 is 4.74 Å². The zero-order valence-electron chi connectivity index (χ0n) is 9.85. The first kappa shape index (κ1) is 12.4. The minimum absolute atomic E-state index is 0.569. The van der Waals surface area contributed by atoms with Crippen molar-refractivity contribution in [3.63, 3.8) is 0 Å². The van der Waals surface area contributed by atoms with E-state index in [9.17, 15) is 0 Å². The van der Waals surface area contributed by atoms with Crippen LogP contribution in [0.3, 0.4) is 0 Å². The number of hydrogen-bond acceptors (Lipinski definition) is 4. The Balaban J connectivity index is 1.75. The molecule has 0 spiro atoms. The van der Waals surface area contributed by atoms with E-state index < -0.39 is 0 Å². The molecule has 0 saturated heterocycles. The third-order valence-electron chi connectivity index (χ3n) is 2.38. The Kier molecular flexibility index (Phi) is 4.79. The third-order valence-corrected chi connectivity index (χ3v) is 3.16. The predicted octanol–water partition coefficient (Wildman–Crippen LogP) is 2.94. The van der Waals surface area contributed by atoms with Crippen LogP contribution >= 0.6 is 11.3 Å². The van der Waals surface area contributed by atoms with E-state index in [1.54, 1.807) is 18.4 Å². The molecule has 0 aliphatic heterocycles. The molecule has 0 aliphatic rings. The highest BCUT2D eigenvalue weighted by molar-refractivity contribution is 7.09. The van der Waals surface area contributed by atoms with Gasteiger partial charge in [0.2, 0.25) is 0 Å². The van der Waals surface area contributed by atoms with Gasteiger partial charge in [-0.25, -0.2) is 0 Å². The molecule has 0 fully saturated rings. The maximum atomic E-state index is 5.60. The van der Waals surface area contributed by atoms with Gasteiger partial charge in [-0.1, -0.05) is 0 Å². The van der Waals surface area contributed by atoms with Gasteiger partial charge in [-0.05, 0) is 39.7 Å². The second kappa shape index (κ2) is 6.59. The van der Waals surface area contributed by atoms with Gasteiger partial charge < -0.3 is 14.2 Å². The van der Waals surface area contributed by atoms with Crippen LogP contribution in [0.25, 0.3) is 10.8 Å². The average Bonchev–Trinajstić information content (AvgIpc) is 2.81. The van der Waals surface area contributed by atoms with Gasteiger partial charge in [0, 0.05) is 7.11 Å². The first-order valence-corrected chi connectivity index (χ1v) is 6.50. The van der Waals surface area contributed by atoms with E-state index in [0.29, 0.717) is 26.4 Å². The fourth-order valence-electron chi connectivity index (χ4n) is 1.50. The Morgan fingerprint density at radius 1 is 1.00 bits per heavy atom. The Morgan fingerprint density at radius 3 is 2.71 bits per heavy atom. The lowest BCUT2D eigenvalue weighted by Gasteiger charge is -2.07. The molecule has 1 aromatic carbocycles. The van der Waals surface area contributed by atoms with Gasteiger partial charge in [0.25, 0.3) is 0 Å². The number of fused-ring (bicyclic) bond motifs is 1. The predicted molar refractivity (Wildman–Crippen MR) is 70.0 cm³/mol. The molecule has 4 heteroatoms. The maximum absolute atomic E-state index is 5.60. The number of methoxy groups -OCH3 is 1. The van der Waals surface area contributed by atoms with Crippen molar-refractivity contribution >= 4 is 22.1 Å². The molecule has 0 unspecified atom stereocenters. The zero-order valence-corrected chi connectivity index (χ0v) is 10.7. The number of benzene rings is 1. The highest BCUT2D eigenvalue weighted by Gasteiger charge is 1.98. The zero-order chi connectivity index (χ0) is 11.9. The second-order valence-electron chi connectivity index (χ2n) is 3.62. The highest BCUT2D eigenvalue weighted by atomic mass is 32.1. The summed E-state index contributed by atoms with van der Waals surface area (Å²) in [5.74, 6) is 0.895. The van der Waals surface area contributed by atoms with Crippen LogP contribution in [0.15, 0.2) is 29.0 Å². The Morgan fingerprint density at radius 2 is 1.82 bits per heavy atom. The summed E-state index contributed by atoms with van der Waals surface area (Å²) in [6.07, 6.45) is 0. The van der Waals surface area contributed by atoms with Crippen LogP contribution in [0.5, 0.6) is 5.75 Å². The van der Waals surface area contributed by atoms with E-state index in [1.807, 2.05) is 6.07 Å². The monoisotopic (exact) mass is 252 g/mol. The Hall–Kier alpha value is -1.10. The van der Waals surface area contributed by atoms with Gasteiger partial charge in [0.1, 0.15) is 12.4 Å². The number of ether oxygens (including phenoxy) is 3. The molecular weight excluding hydrogens is 236 g/mol. The molecular formula is C13H16O3S. The van der Waals surface area contributed by atoms with Crippen LogP contribution in [-0.4, -0.2) is 33.5 Å². The second-order valence-corrected chi connectivity index (χ2v) is 4.36. The molecule has 0 aliphatic carbocycles. The van der Waals surface area contributed by atoms with Crippen molar-refractivity contribution in [3.8, 4) is 5.75 Å². The Bertz CT molecular complexity index is 453. The first-order chi connectivity index (χ1) is 8.40. The van der Waals surface area contributed by atoms with E-state index in [0.717, 1.165) is 5.75 Å². The quantitative estimate of drug-likeness (QED) is 0.709. The molecule has 0 atom stereocenters. The summed E-state index contributed by atoms with van der Waals surface area (Å²) in [7, 11) is 1.66. The van der Waals surface area contributed by atoms with Gasteiger partial charge in [0.05, 0.1) is 19.8 Å². The number of hydrogen-bond donors (Lipinski definition) is 0. The summed E-state index contributed by atoms with van der Waals surface area (Å²) >= 11 is 1.70. The molecule has 92 valence electrons. The largest absolute Gasteiger partial charge is 0.491 e. The van der Waals surface area contributed by atoms with Crippen molar-refractivity contribution in [2.75, 3.05) is 33.5 Å². The van der Waals surface area contributed by atoms with Crippen LogP contribution in [0.2, 0.25) is 0 Å². The van der Waals surface area contributed by atoms with E-state index in [1.165, 1.54) is 10.8 Å². The van der Waals surface area contributed by atoms with E-state index in [-0.39, 0.29) is 0 Å². The van der Waals surface area contributed by atoms with Crippen molar-refractivity contribution in [1.82, 2.24) is 0 Å². The molecule has 0 N–H and O–H groups in total. The molecule has 17 heavy (non-hydrogen) atoms. The maximum Gasteiger partial charge on any atom is 0.120 e. The lowest BCUT2D eigenvalue weighted by molar-refractivity contribution is 0.0544. The molecule has 2 rings (SSSR count). The first-order valence-electron chi connectivity index (χ1n) is 5.55.